The summed E-state index contributed by atoms with van der Waals surface area (Å²) in [5.41, 5.74) is 0.944. The van der Waals surface area contributed by atoms with Crippen LogP contribution in [-0.4, -0.2) is 55.1 Å². The van der Waals surface area contributed by atoms with Gasteiger partial charge in [-0.05, 0) is 26.3 Å². The van der Waals surface area contributed by atoms with Crippen LogP contribution < -0.4 is 0 Å². The van der Waals surface area contributed by atoms with E-state index in [1.54, 1.807) is 13.8 Å². The molecule has 2 fully saturated rings. The Hall–Kier alpha value is -0.830. The zero-order valence-corrected chi connectivity index (χ0v) is 17.0. The Morgan fingerprint density at radius 1 is 1.19 bits per heavy atom. The van der Waals surface area contributed by atoms with Gasteiger partial charge in [0.1, 0.15) is 18.3 Å². The van der Waals surface area contributed by atoms with Gasteiger partial charge < -0.3 is 33.1 Å². The summed E-state index contributed by atoms with van der Waals surface area (Å²) in [5, 5.41) is 9.08. The van der Waals surface area contributed by atoms with E-state index in [2.05, 4.69) is 0 Å². The molecule has 2 heterocycles. The van der Waals surface area contributed by atoms with Crippen molar-refractivity contribution in [2.24, 2.45) is 0 Å². The molecule has 5 atom stereocenters. The van der Waals surface area contributed by atoms with Gasteiger partial charge in [0, 0.05) is 14.2 Å². The second-order valence-electron chi connectivity index (χ2n) is 7.24. The van der Waals surface area contributed by atoms with Gasteiger partial charge >= 0.3 is 7.60 Å². The topological polar surface area (TPSA) is 92.7 Å². The first-order valence-electron chi connectivity index (χ1n) is 8.74. The molecule has 1 N–H and O–H groups in total. The summed E-state index contributed by atoms with van der Waals surface area (Å²) in [4.78, 5) is 0. The van der Waals surface area contributed by atoms with Gasteiger partial charge in [-0.1, -0.05) is 30.3 Å². The fourth-order valence-electron chi connectivity index (χ4n) is 3.47. The molecule has 0 bridgehead atoms. The van der Waals surface area contributed by atoms with E-state index in [9.17, 15) is 9.67 Å². The van der Waals surface area contributed by atoms with Gasteiger partial charge in [0.05, 0.1) is 6.61 Å². The third-order valence-corrected chi connectivity index (χ3v) is 7.18. The fraction of sp³-hybridized carbons (Fsp3) is 0.667. The van der Waals surface area contributed by atoms with Gasteiger partial charge in [0.15, 0.2) is 17.4 Å². The van der Waals surface area contributed by atoms with Crippen molar-refractivity contribution in [3.8, 4) is 0 Å². The second kappa shape index (κ2) is 7.54. The summed E-state index contributed by atoms with van der Waals surface area (Å²) < 4.78 is 46.5. The highest BCUT2D eigenvalue weighted by Crippen LogP contribution is 2.61. The summed E-state index contributed by atoms with van der Waals surface area (Å²) in [5.74, 6) is -0.854. The van der Waals surface area contributed by atoms with E-state index in [0.29, 0.717) is 0 Å². The Kier molecular flexibility index (Phi) is 5.83. The van der Waals surface area contributed by atoms with Crippen LogP contribution in [0.25, 0.3) is 0 Å². The Bertz CT molecular complexity index is 684. The van der Waals surface area contributed by atoms with Gasteiger partial charge in [-0.15, -0.1) is 0 Å². The maximum Gasteiger partial charge on any atom is 0.363 e. The maximum atomic E-state index is 12.9. The third kappa shape index (κ3) is 3.86. The minimum Gasteiger partial charge on any atom is -0.375 e. The predicted octanol–water partition coefficient (Wildman–Crippen LogP) is 2.64. The molecule has 152 valence electrons. The lowest BCUT2D eigenvalue weighted by molar-refractivity contribution is -0.235. The van der Waals surface area contributed by atoms with Crippen LogP contribution in [0.1, 0.15) is 26.3 Å². The monoisotopic (exact) mass is 402 g/mol. The van der Waals surface area contributed by atoms with Crippen LogP contribution in [0, 0.1) is 0 Å². The average molecular weight is 402 g/mol. The molecule has 3 rings (SSSR count). The van der Waals surface area contributed by atoms with Crippen LogP contribution in [0.15, 0.2) is 30.3 Å². The molecule has 0 radical (unpaired) electrons. The predicted molar refractivity (Wildman–Crippen MR) is 96.0 cm³/mol. The van der Waals surface area contributed by atoms with Crippen molar-refractivity contribution in [3.05, 3.63) is 35.9 Å². The maximum absolute atomic E-state index is 12.9. The first-order valence-corrected chi connectivity index (χ1v) is 10.3. The van der Waals surface area contributed by atoms with Crippen molar-refractivity contribution in [2.45, 2.75) is 63.1 Å². The van der Waals surface area contributed by atoms with Crippen molar-refractivity contribution in [1.82, 2.24) is 0 Å². The first-order chi connectivity index (χ1) is 12.6. The number of rotatable bonds is 7. The molecular weight excluding hydrogens is 375 g/mol. The van der Waals surface area contributed by atoms with E-state index < -0.39 is 43.3 Å². The van der Waals surface area contributed by atoms with Crippen LogP contribution in [-0.2, 0) is 39.2 Å². The van der Waals surface area contributed by atoms with Crippen LogP contribution in [0.3, 0.4) is 0 Å². The van der Waals surface area contributed by atoms with E-state index in [-0.39, 0.29) is 6.61 Å². The van der Waals surface area contributed by atoms with Crippen molar-refractivity contribution in [2.75, 3.05) is 14.2 Å². The lowest BCUT2D eigenvalue weighted by atomic mass is 10.1. The normalized spacial score (nSPS) is 32.2. The van der Waals surface area contributed by atoms with Gasteiger partial charge in [0.25, 0.3) is 0 Å². The number of benzene rings is 1. The van der Waals surface area contributed by atoms with Gasteiger partial charge in [-0.3, -0.25) is 4.57 Å². The molecular formula is C18H27O8P. The summed E-state index contributed by atoms with van der Waals surface area (Å²) in [7, 11) is -1.47. The average Bonchev–Trinajstić information content (AvgIpc) is 3.12. The molecule has 8 nitrogen and oxygen atoms in total. The van der Waals surface area contributed by atoms with E-state index in [4.69, 9.17) is 28.0 Å². The fourth-order valence-corrected chi connectivity index (χ4v) is 4.88. The highest BCUT2D eigenvalue weighted by Gasteiger charge is 2.64. The van der Waals surface area contributed by atoms with Crippen LogP contribution in [0.2, 0.25) is 0 Å². The molecule has 0 unspecified atom stereocenters. The zero-order chi connectivity index (χ0) is 19.9. The standard InChI is InChI=1S/C18H27O8P/c1-17(2)25-14-13(23-11-12-9-7-6-8-10-12)15(24-16(14)26-17)18(3,19)27(20,21-4)22-5/h6-10,13-16,19H,11H2,1-5H3/t13-,14+,15+,16+,18+/m1/s1. The summed E-state index contributed by atoms with van der Waals surface area (Å²) in [6.45, 7) is 5.14. The van der Waals surface area contributed by atoms with Gasteiger partial charge in [-0.25, -0.2) is 0 Å². The molecule has 2 aliphatic heterocycles. The van der Waals surface area contributed by atoms with Crippen LogP contribution in [0.5, 0.6) is 0 Å². The molecule has 1 aromatic carbocycles. The Labute approximate surface area is 159 Å². The SMILES string of the molecule is COP(=O)(OC)[C@](C)(O)[C@H]1O[C@H]2OC(C)(C)O[C@H]2[C@H]1OCc1ccccc1. The van der Waals surface area contributed by atoms with E-state index >= 15 is 0 Å². The molecule has 1 aromatic rings. The highest BCUT2D eigenvalue weighted by molar-refractivity contribution is 7.55. The lowest BCUT2D eigenvalue weighted by Gasteiger charge is -2.37. The Morgan fingerprint density at radius 2 is 1.81 bits per heavy atom. The zero-order valence-electron chi connectivity index (χ0n) is 16.2. The van der Waals surface area contributed by atoms with Gasteiger partial charge in [-0.2, -0.15) is 0 Å². The number of aliphatic hydroxyl groups is 1. The minimum absolute atomic E-state index is 0.263. The molecule has 9 heteroatoms. The molecule has 0 amide bonds. The summed E-state index contributed by atoms with van der Waals surface area (Å²) in [6, 6.07) is 9.57. The van der Waals surface area contributed by atoms with E-state index in [0.717, 1.165) is 5.56 Å². The van der Waals surface area contributed by atoms with Crippen molar-refractivity contribution in [1.29, 1.82) is 0 Å². The van der Waals surface area contributed by atoms with E-state index in [1.807, 2.05) is 30.3 Å². The van der Waals surface area contributed by atoms with Crippen molar-refractivity contribution >= 4 is 7.60 Å². The number of fused-ring (bicyclic) bond motifs is 1. The largest absolute Gasteiger partial charge is 0.375 e. The molecule has 27 heavy (non-hydrogen) atoms. The van der Waals surface area contributed by atoms with Gasteiger partial charge in [0.2, 0.25) is 0 Å². The summed E-state index contributed by atoms with van der Waals surface area (Å²) in [6.07, 6.45) is -3.15. The van der Waals surface area contributed by atoms with Crippen molar-refractivity contribution < 1.29 is 37.7 Å². The highest BCUT2D eigenvalue weighted by atomic mass is 31.2. The van der Waals surface area contributed by atoms with E-state index in [1.165, 1.54) is 21.1 Å². The number of hydrogen-bond acceptors (Lipinski definition) is 8. The molecule has 0 aliphatic carbocycles. The number of ether oxygens (including phenoxy) is 4. The smallest absolute Gasteiger partial charge is 0.363 e. The summed E-state index contributed by atoms with van der Waals surface area (Å²) >= 11 is 0. The Morgan fingerprint density at radius 3 is 2.41 bits per heavy atom. The quantitative estimate of drug-likeness (QED) is 0.696. The lowest BCUT2D eigenvalue weighted by Crippen LogP contribution is -2.49. The molecule has 0 spiro atoms. The molecule has 0 saturated carbocycles. The molecule has 2 saturated heterocycles. The van der Waals surface area contributed by atoms with Crippen LogP contribution in [0.4, 0.5) is 0 Å². The third-order valence-electron chi connectivity index (χ3n) is 4.85. The van der Waals surface area contributed by atoms with Crippen molar-refractivity contribution in [3.63, 3.8) is 0 Å². The van der Waals surface area contributed by atoms with Crippen LogP contribution >= 0.6 is 7.60 Å². The minimum atomic E-state index is -3.90. The number of hydrogen-bond donors (Lipinski definition) is 1. The second-order valence-corrected chi connectivity index (χ2v) is 9.87. The first kappa shape index (κ1) is 20.9. The molecule has 2 aliphatic rings. The molecule has 0 aromatic heterocycles. The Balaban J connectivity index is 1.86.